The highest BCUT2D eigenvalue weighted by Gasteiger charge is 2.30. The lowest BCUT2D eigenvalue weighted by molar-refractivity contribution is -0.137. The third-order valence-electron chi connectivity index (χ3n) is 4.47. The first-order valence-electron chi connectivity index (χ1n) is 9.17. The van der Waals surface area contributed by atoms with Gasteiger partial charge in [0.2, 0.25) is 0 Å². The van der Waals surface area contributed by atoms with E-state index in [1.165, 1.54) is 6.07 Å². The number of nitrogens with one attached hydrogen (secondary N) is 2. The van der Waals surface area contributed by atoms with E-state index >= 15 is 0 Å². The quantitative estimate of drug-likeness (QED) is 0.355. The van der Waals surface area contributed by atoms with E-state index in [9.17, 15) is 13.2 Å². The number of benzene rings is 1. The lowest BCUT2D eigenvalue weighted by Crippen LogP contribution is -2.13. The number of pyridine rings is 1. The molecule has 0 aliphatic carbocycles. The van der Waals surface area contributed by atoms with Crippen molar-refractivity contribution in [2.45, 2.75) is 12.2 Å². The Morgan fingerprint density at radius 3 is 2.44 bits per heavy atom. The van der Waals surface area contributed by atoms with Crippen molar-refractivity contribution < 1.29 is 13.2 Å². The average Bonchev–Trinajstić information content (AvgIpc) is 3.28. The van der Waals surface area contributed by atoms with E-state index in [-0.39, 0.29) is 11.6 Å². The molecule has 2 N–H and O–H groups in total. The van der Waals surface area contributed by atoms with E-state index < -0.39 is 17.8 Å². The molecule has 1 aromatic carbocycles. The molecule has 3 aromatic heterocycles. The molecule has 6 nitrogen and oxygen atoms in total. The number of alkyl halides is 3. The fourth-order valence-electron chi connectivity index (χ4n) is 2.93. The first-order chi connectivity index (χ1) is 15.2. The molecule has 1 unspecified atom stereocenters. The van der Waals surface area contributed by atoms with Gasteiger partial charge >= 0.3 is 6.18 Å². The molecule has 1 atom stereocenters. The molecule has 3 heterocycles. The molecule has 0 spiro atoms. The number of anilines is 1. The molecule has 0 saturated carbocycles. The summed E-state index contributed by atoms with van der Waals surface area (Å²) in [5.41, 5.74) is 0.846. The van der Waals surface area contributed by atoms with E-state index in [2.05, 4.69) is 37.2 Å². The van der Waals surface area contributed by atoms with Gasteiger partial charge < -0.3 is 10.3 Å². The number of imidazole rings is 1. The number of halogens is 5. The number of hydrogen-bond donors (Lipinski definition) is 2. The normalized spacial score (nSPS) is 12.6. The number of H-pyrrole nitrogens is 1. The Kier molecular flexibility index (Phi) is 6.03. The first kappa shape index (κ1) is 22.0. The van der Waals surface area contributed by atoms with Crippen LogP contribution in [0.3, 0.4) is 0 Å². The van der Waals surface area contributed by atoms with Crippen molar-refractivity contribution in [3.63, 3.8) is 0 Å². The van der Waals surface area contributed by atoms with Crippen molar-refractivity contribution in [1.29, 1.82) is 0 Å². The molecule has 32 heavy (non-hydrogen) atoms. The fraction of sp³-hybridized carbons (Fsp3) is 0.0952. The van der Waals surface area contributed by atoms with Crippen LogP contribution in [0.1, 0.15) is 17.4 Å². The fourth-order valence-corrected chi connectivity index (χ4v) is 3.42. The molecule has 11 heteroatoms. The minimum Gasteiger partial charge on any atom is -0.360 e. The Balaban J connectivity index is 1.69. The van der Waals surface area contributed by atoms with Crippen molar-refractivity contribution in [1.82, 2.24) is 24.9 Å². The largest absolute Gasteiger partial charge is 0.417 e. The maximum absolute atomic E-state index is 12.7. The molecule has 163 valence electrons. The van der Waals surface area contributed by atoms with Crippen LogP contribution in [0.5, 0.6) is 0 Å². The first-order valence-corrected chi connectivity index (χ1v) is 9.93. The Labute approximate surface area is 190 Å². The van der Waals surface area contributed by atoms with Crippen LogP contribution >= 0.6 is 23.2 Å². The molecule has 0 aliphatic heterocycles. The van der Waals surface area contributed by atoms with E-state index in [0.717, 1.165) is 12.3 Å². The Morgan fingerprint density at radius 1 is 1.00 bits per heavy atom. The zero-order chi connectivity index (χ0) is 22.9. The molecule has 4 aromatic rings. The Hall–Kier alpha value is -3.17. The van der Waals surface area contributed by atoms with E-state index in [4.69, 9.17) is 23.2 Å². The van der Waals surface area contributed by atoms with Gasteiger partial charge in [-0.1, -0.05) is 23.2 Å². The second-order valence-electron chi connectivity index (χ2n) is 6.68. The molecule has 4 rings (SSSR count). The molecular formula is C21H14Cl2F3N6. The van der Waals surface area contributed by atoms with E-state index in [1.807, 2.05) is 0 Å². The summed E-state index contributed by atoms with van der Waals surface area (Å²) < 4.78 is 38.2. The van der Waals surface area contributed by atoms with Gasteiger partial charge in [-0.2, -0.15) is 13.2 Å². The monoisotopic (exact) mass is 477 g/mol. The summed E-state index contributed by atoms with van der Waals surface area (Å²) >= 11 is 12.4. The third-order valence-corrected chi connectivity index (χ3v) is 5.02. The SMILES string of the molecule is [CH2]C(Nc1ccc(C(F)(F)F)cn1)c1ncc(-c2ncc[nH]2)c(-c2ccc(Cl)cc2Cl)n1. The molecule has 0 aliphatic rings. The molecule has 0 bridgehead atoms. The second-order valence-corrected chi connectivity index (χ2v) is 7.52. The van der Waals surface area contributed by atoms with Crippen LogP contribution < -0.4 is 5.32 Å². The highest BCUT2D eigenvalue weighted by atomic mass is 35.5. The maximum atomic E-state index is 12.7. The van der Waals surface area contributed by atoms with Crippen LogP contribution in [0.2, 0.25) is 10.0 Å². The lowest BCUT2D eigenvalue weighted by atomic mass is 10.1. The lowest BCUT2D eigenvalue weighted by Gasteiger charge is -2.16. The van der Waals surface area contributed by atoms with Crippen LogP contribution in [-0.4, -0.2) is 24.9 Å². The Morgan fingerprint density at radius 2 is 1.81 bits per heavy atom. The van der Waals surface area contributed by atoms with Crippen LogP contribution in [-0.2, 0) is 6.18 Å². The summed E-state index contributed by atoms with van der Waals surface area (Å²) in [5, 5.41) is 3.75. The second kappa shape index (κ2) is 8.76. The number of aromatic nitrogens is 5. The van der Waals surface area contributed by atoms with E-state index in [0.29, 0.717) is 32.7 Å². The third kappa shape index (κ3) is 4.68. The van der Waals surface area contributed by atoms with Gasteiger partial charge in [-0.25, -0.2) is 19.9 Å². The van der Waals surface area contributed by atoms with Crippen LogP contribution in [0.4, 0.5) is 19.0 Å². The molecule has 0 amide bonds. The van der Waals surface area contributed by atoms with Crippen molar-refractivity contribution in [3.05, 3.63) is 83.5 Å². The average molecular weight is 478 g/mol. The van der Waals surface area contributed by atoms with Gasteiger partial charge in [0.05, 0.1) is 27.9 Å². The highest BCUT2D eigenvalue weighted by molar-refractivity contribution is 6.36. The minimum absolute atomic E-state index is 0.197. The maximum Gasteiger partial charge on any atom is 0.417 e. The van der Waals surface area contributed by atoms with E-state index in [1.54, 1.807) is 36.8 Å². The summed E-state index contributed by atoms with van der Waals surface area (Å²) in [5.74, 6) is 1.02. The summed E-state index contributed by atoms with van der Waals surface area (Å²) in [6.45, 7) is 3.96. The predicted molar refractivity (Wildman–Crippen MR) is 116 cm³/mol. The summed E-state index contributed by atoms with van der Waals surface area (Å²) in [4.78, 5) is 20.0. The topological polar surface area (TPSA) is 79.4 Å². The minimum atomic E-state index is -4.47. The van der Waals surface area contributed by atoms with Crippen molar-refractivity contribution in [3.8, 4) is 22.6 Å². The summed E-state index contributed by atoms with van der Waals surface area (Å²) in [6.07, 6.45) is 1.11. The number of hydrogen-bond acceptors (Lipinski definition) is 5. The van der Waals surface area contributed by atoms with Gasteiger partial charge in [-0.15, -0.1) is 0 Å². The zero-order valence-electron chi connectivity index (χ0n) is 16.2. The number of rotatable bonds is 5. The smallest absolute Gasteiger partial charge is 0.360 e. The standard InChI is InChI=1S/C21H14Cl2F3N6/c1-11(31-17-5-2-12(9-29-17)21(24,25)26)19-30-10-15(20-27-6-7-28-20)18(32-19)14-4-3-13(22)8-16(14)23/h2-11H,1H2,(H,27,28)(H,29,31). The summed E-state index contributed by atoms with van der Waals surface area (Å²) in [6, 6.07) is 6.44. The van der Waals surface area contributed by atoms with Crippen LogP contribution in [0.15, 0.2) is 55.1 Å². The highest BCUT2D eigenvalue weighted by Crippen LogP contribution is 2.35. The summed E-state index contributed by atoms with van der Waals surface area (Å²) in [7, 11) is 0. The van der Waals surface area contributed by atoms with Gasteiger partial charge in [0.1, 0.15) is 11.6 Å². The van der Waals surface area contributed by atoms with Gasteiger partial charge in [0.15, 0.2) is 5.82 Å². The molecule has 0 saturated heterocycles. The van der Waals surface area contributed by atoms with Crippen molar-refractivity contribution in [2.75, 3.05) is 5.32 Å². The van der Waals surface area contributed by atoms with Gasteiger partial charge in [-0.05, 0) is 37.3 Å². The van der Waals surface area contributed by atoms with Gasteiger partial charge in [-0.3, -0.25) is 0 Å². The van der Waals surface area contributed by atoms with Crippen LogP contribution in [0.25, 0.3) is 22.6 Å². The number of nitrogens with zero attached hydrogens (tertiary/aromatic N) is 4. The number of aromatic amines is 1. The van der Waals surface area contributed by atoms with Crippen molar-refractivity contribution in [2.24, 2.45) is 0 Å². The molecule has 1 radical (unpaired) electrons. The van der Waals surface area contributed by atoms with Gasteiger partial charge in [0.25, 0.3) is 0 Å². The van der Waals surface area contributed by atoms with Crippen LogP contribution in [0, 0.1) is 6.92 Å². The zero-order valence-corrected chi connectivity index (χ0v) is 17.7. The van der Waals surface area contributed by atoms with Gasteiger partial charge in [0, 0.05) is 35.4 Å². The molecule has 0 fully saturated rings. The predicted octanol–water partition coefficient (Wildman–Crippen LogP) is 6.24. The van der Waals surface area contributed by atoms with Crippen molar-refractivity contribution >= 4 is 29.0 Å². The Bertz CT molecular complexity index is 1230. The molecular weight excluding hydrogens is 464 g/mol.